The molecule has 35 heavy (non-hydrogen) atoms. The molecule has 2 amide bonds. The SMILES string of the molecule is O=C(NCCc1ccccc1)C1CCN(C2CCN(C(=O)c3ccc([N+](=O)[O-])cc3Cl)CC2)CC1. The molecule has 9 heteroatoms. The third-order valence-electron chi connectivity index (χ3n) is 7.12. The normalized spacial score (nSPS) is 17.8. The second-order valence-electron chi connectivity index (χ2n) is 9.28. The lowest BCUT2D eigenvalue weighted by atomic mass is 9.92. The van der Waals surface area contributed by atoms with Crippen LogP contribution in [0.1, 0.15) is 41.6 Å². The Bertz CT molecular complexity index is 1050. The molecule has 0 bridgehead atoms. The van der Waals surface area contributed by atoms with Gasteiger partial charge >= 0.3 is 0 Å². The van der Waals surface area contributed by atoms with Crippen LogP contribution in [0.15, 0.2) is 48.5 Å². The number of nitro benzene ring substituents is 1. The van der Waals surface area contributed by atoms with Crippen LogP contribution in [0.3, 0.4) is 0 Å². The largest absolute Gasteiger partial charge is 0.356 e. The summed E-state index contributed by atoms with van der Waals surface area (Å²) < 4.78 is 0. The minimum absolute atomic E-state index is 0.0629. The zero-order valence-corrected chi connectivity index (χ0v) is 20.5. The number of nitrogens with zero attached hydrogens (tertiary/aromatic N) is 3. The summed E-state index contributed by atoms with van der Waals surface area (Å²) in [5.41, 5.74) is 1.40. The minimum atomic E-state index is -0.525. The molecular weight excluding hydrogens is 468 g/mol. The van der Waals surface area contributed by atoms with E-state index in [1.807, 2.05) is 18.2 Å². The molecule has 2 fully saturated rings. The first-order valence-corrected chi connectivity index (χ1v) is 12.6. The van der Waals surface area contributed by atoms with Crippen molar-refractivity contribution in [3.05, 3.63) is 74.8 Å². The van der Waals surface area contributed by atoms with Gasteiger partial charge in [-0.1, -0.05) is 41.9 Å². The molecule has 0 aliphatic carbocycles. The van der Waals surface area contributed by atoms with Crippen LogP contribution in [-0.4, -0.2) is 65.3 Å². The van der Waals surface area contributed by atoms with Crippen LogP contribution in [0.2, 0.25) is 5.02 Å². The average Bonchev–Trinajstić information content (AvgIpc) is 2.89. The lowest BCUT2D eigenvalue weighted by Gasteiger charge is -2.41. The van der Waals surface area contributed by atoms with Gasteiger partial charge in [0.1, 0.15) is 0 Å². The molecule has 1 N–H and O–H groups in total. The van der Waals surface area contributed by atoms with Crippen molar-refractivity contribution in [1.82, 2.24) is 15.1 Å². The molecule has 2 saturated heterocycles. The summed E-state index contributed by atoms with van der Waals surface area (Å²) in [5.74, 6) is 0.0307. The zero-order valence-electron chi connectivity index (χ0n) is 19.7. The topological polar surface area (TPSA) is 95.8 Å². The summed E-state index contributed by atoms with van der Waals surface area (Å²) in [7, 11) is 0. The Kier molecular flexibility index (Phi) is 8.36. The molecule has 0 radical (unpaired) electrons. The molecule has 2 aromatic carbocycles. The minimum Gasteiger partial charge on any atom is -0.356 e. The van der Waals surface area contributed by atoms with Gasteiger partial charge in [-0.15, -0.1) is 0 Å². The molecule has 186 valence electrons. The number of nitro groups is 1. The number of nitrogens with one attached hydrogen (secondary N) is 1. The second kappa shape index (κ2) is 11.6. The summed E-state index contributed by atoms with van der Waals surface area (Å²) in [6, 6.07) is 14.5. The highest BCUT2D eigenvalue weighted by Gasteiger charge is 2.32. The maximum absolute atomic E-state index is 12.9. The van der Waals surface area contributed by atoms with E-state index in [9.17, 15) is 19.7 Å². The van der Waals surface area contributed by atoms with Crippen molar-refractivity contribution >= 4 is 29.1 Å². The number of benzene rings is 2. The number of hydrogen-bond donors (Lipinski definition) is 1. The predicted octanol–water partition coefficient (Wildman–Crippen LogP) is 3.92. The number of likely N-dealkylation sites (tertiary alicyclic amines) is 2. The van der Waals surface area contributed by atoms with Gasteiger partial charge in [-0.3, -0.25) is 19.7 Å². The zero-order chi connectivity index (χ0) is 24.8. The highest BCUT2D eigenvalue weighted by Crippen LogP contribution is 2.27. The van der Waals surface area contributed by atoms with E-state index in [-0.39, 0.29) is 28.4 Å². The summed E-state index contributed by atoms with van der Waals surface area (Å²) in [4.78, 5) is 40.1. The molecule has 0 spiro atoms. The van der Waals surface area contributed by atoms with Crippen LogP contribution < -0.4 is 5.32 Å². The van der Waals surface area contributed by atoms with E-state index in [1.165, 1.54) is 23.8 Å². The first-order chi connectivity index (χ1) is 16.9. The third kappa shape index (κ3) is 6.38. The van der Waals surface area contributed by atoms with Crippen LogP contribution in [-0.2, 0) is 11.2 Å². The van der Waals surface area contributed by atoms with Crippen molar-refractivity contribution in [2.24, 2.45) is 5.92 Å². The molecule has 2 heterocycles. The Morgan fingerprint density at radius 3 is 2.31 bits per heavy atom. The van der Waals surface area contributed by atoms with Gasteiger partial charge in [0.2, 0.25) is 5.91 Å². The van der Waals surface area contributed by atoms with E-state index in [0.717, 1.165) is 45.2 Å². The molecule has 0 saturated carbocycles. The van der Waals surface area contributed by atoms with Crippen LogP contribution >= 0.6 is 11.6 Å². The number of piperidine rings is 2. The van der Waals surface area contributed by atoms with Gasteiger partial charge in [0.25, 0.3) is 11.6 Å². The fourth-order valence-electron chi connectivity index (χ4n) is 5.04. The number of carbonyl (C=O) groups is 2. The second-order valence-corrected chi connectivity index (χ2v) is 9.69. The van der Waals surface area contributed by atoms with Crippen molar-refractivity contribution in [3.8, 4) is 0 Å². The predicted molar refractivity (Wildman–Crippen MR) is 134 cm³/mol. The Morgan fingerprint density at radius 1 is 1.00 bits per heavy atom. The van der Waals surface area contributed by atoms with E-state index in [2.05, 4.69) is 22.3 Å². The van der Waals surface area contributed by atoms with Gasteiger partial charge in [0.05, 0.1) is 15.5 Å². The molecular formula is C26H31ClN4O4. The number of carbonyl (C=O) groups excluding carboxylic acids is 2. The van der Waals surface area contributed by atoms with Crippen molar-refractivity contribution in [1.29, 1.82) is 0 Å². The van der Waals surface area contributed by atoms with E-state index in [1.54, 1.807) is 4.90 Å². The molecule has 0 atom stereocenters. The van der Waals surface area contributed by atoms with Crippen molar-refractivity contribution < 1.29 is 14.5 Å². The molecule has 0 unspecified atom stereocenters. The summed E-state index contributed by atoms with van der Waals surface area (Å²) in [6.45, 7) is 3.69. The highest BCUT2D eigenvalue weighted by molar-refractivity contribution is 6.34. The Morgan fingerprint density at radius 2 is 1.69 bits per heavy atom. The molecule has 2 aromatic rings. The van der Waals surface area contributed by atoms with Crippen molar-refractivity contribution in [3.63, 3.8) is 0 Å². The van der Waals surface area contributed by atoms with Gasteiger partial charge in [0.15, 0.2) is 0 Å². The van der Waals surface area contributed by atoms with Gasteiger partial charge in [-0.05, 0) is 56.8 Å². The lowest BCUT2D eigenvalue weighted by molar-refractivity contribution is -0.384. The van der Waals surface area contributed by atoms with Crippen LogP contribution in [0, 0.1) is 16.0 Å². The lowest BCUT2D eigenvalue weighted by Crippen LogP contribution is -2.50. The van der Waals surface area contributed by atoms with E-state index in [4.69, 9.17) is 11.6 Å². The van der Waals surface area contributed by atoms with Crippen LogP contribution in [0.25, 0.3) is 0 Å². The van der Waals surface area contributed by atoms with Gasteiger partial charge in [0, 0.05) is 43.7 Å². The van der Waals surface area contributed by atoms with Crippen LogP contribution in [0.4, 0.5) is 5.69 Å². The maximum Gasteiger partial charge on any atom is 0.270 e. The summed E-state index contributed by atoms with van der Waals surface area (Å²) in [6.07, 6.45) is 4.28. The monoisotopic (exact) mass is 498 g/mol. The van der Waals surface area contributed by atoms with E-state index >= 15 is 0 Å². The fraction of sp³-hybridized carbons (Fsp3) is 0.462. The van der Waals surface area contributed by atoms with Crippen molar-refractivity contribution in [2.75, 3.05) is 32.7 Å². The fourth-order valence-corrected chi connectivity index (χ4v) is 5.30. The first-order valence-electron chi connectivity index (χ1n) is 12.2. The number of halogens is 1. The smallest absolute Gasteiger partial charge is 0.270 e. The number of amides is 2. The summed E-state index contributed by atoms with van der Waals surface area (Å²) >= 11 is 6.15. The van der Waals surface area contributed by atoms with Gasteiger partial charge in [-0.25, -0.2) is 0 Å². The molecule has 2 aliphatic heterocycles. The van der Waals surface area contributed by atoms with E-state index in [0.29, 0.717) is 31.2 Å². The number of hydrogen-bond acceptors (Lipinski definition) is 5. The van der Waals surface area contributed by atoms with Crippen LogP contribution in [0.5, 0.6) is 0 Å². The quantitative estimate of drug-likeness (QED) is 0.461. The molecule has 8 nitrogen and oxygen atoms in total. The van der Waals surface area contributed by atoms with Gasteiger partial charge in [-0.2, -0.15) is 0 Å². The van der Waals surface area contributed by atoms with Crippen molar-refractivity contribution in [2.45, 2.75) is 38.1 Å². The van der Waals surface area contributed by atoms with E-state index < -0.39 is 4.92 Å². The third-order valence-corrected chi connectivity index (χ3v) is 7.43. The molecule has 4 rings (SSSR count). The number of non-ortho nitro benzene ring substituents is 1. The standard InChI is InChI=1S/C26H31ClN4O4/c27-24-18-22(31(34)35)6-7-23(24)26(33)30-16-11-21(12-17-30)29-14-9-20(10-15-29)25(32)28-13-8-19-4-2-1-3-5-19/h1-7,18,20-21H,8-17H2,(H,28,32). The number of rotatable bonds is 7. The maximum atomic E-state index is 12.9. The first kappa shape index (κ1) is 25.1. The highest BCUT2D eigenvalue weighted by atomic mass is 35.5. The molecule has 0 aromatic heterocycles. The Balaban J connectivity index is 1.20. The summed E-state index contributed by atoms with van der Waals surface area (Å²) in [5, 5.41) is 14.1. The average molecular weight is 499 g/mol. The Labute approximate surface area is 210 Å². The van der Waals surface area contributed by atoms with Gasteiger partial charge < -0.3 is 15.1 Å². The Hall–Kier alpha value is -2.97. The molecule has 2 aliphatic rings.